The van der Waals surface area contributed by atoms with E-state index in [1.54, 1.807) is 0 Å². The van der Waals surface area contributed by atoms with Crippen LogP contribution in [-0.4, -0.2) is 116 Å². The molecule has 0 aromatic rings. The number of fused-ring (bicyclic) bond motifs is 2. The van der Waals surface area contributed by atoms with Gasteiger partial charge in [-0.1, -0.05) is 20.8 Å². The molecule has 11 nitrogen and oxygen atoms in total. The smallest absolute Gasteiger partial charge is 0.186 e. The molecule has 12 atom stereocenters. The first-order valence-electron chi connectivity index (χ1n) is 11.1. The summed E-state index contributed by atoms with van der Waals surface area (Å²) in [6.07, 6.45) is -9.28. The van der Waals surface area contributed by atoms with E-state index >= 15 is 0 Å². The van der Waals surface area contributed by atoms with Crippen molar-refractivity contribution in [2.45, 2.75) is 94.5 Å². The molecule has 0 aromatic carbocycles. The highest BCUT2D eigenvalue weighted by Gasteiger charge is 2.66. The average molecular weight is 465 g/mol. The van der Waals surface area contributed by atoms with Crippen LogP contribution in [0.1, 0.15) is 33.6 Å². The zero-order valence-electron chi connectivity index (χ0n) is 18.6. The Balaban J connectivity index is 1.40. The molecule has 11 heteroatoms. The highest BCUT2D eigenvalue weighted by molar-refractivity contribution is 5.14. The van der Waals surface area contributed by atoms with E-state index in [-0.39, 0.29) is 36.1 Å². The molecule has 2 bridgehead atoms. The Morgan fingerprint density at radius 1 is 0.969 bits per heavy atom. The Hall–Kier alpha value is -0.440. The largest absolute Gasteiger partial charge is 0.393 e. The quantitative estimate of drug-likeness (QED) is 0.220. The average Bonchev–Trinajstić information content (AvgIpc) is 3.20. The van der Waals surface area contributed by atoms with Gasteiger partial charge in [-0.05, 0) is 24.2 Å². The van der Waals surface area contributed by atoms with Crippen LogP contribution in [0.3, 0.4) is 0 Å². The minimum Gasteiger partial charge on any atom is -0.393 e. The molecule has 2 aliphatic carbocycles. The highest BCUT2D eigenvalue weighted by Crippen LogP contribution is 2.66. The summed E-state index contributed by atoms with van der Waals surface area (Å²) < 4.78 is 22.5. The van der Waals surface area contributed by atoms with Gasteiger partial charge in [-0.25, -0.2) is 0 Å². The topological polar surface area (TPSA) is 179 Å². The van der Waals surface area contributed by atoms with Gasteiger partial charge in [0, 0.05) is 5.41 Å². The normalized spacial score (nSPS) is 54.9. The minimum atomic E-state index is -1.85. The van der Waals surface area contributed by atoms with E-state index in [9.17, 15) is 35.7 Å². The van der Waals surface area contributed by atoms with Gasteiger partial charge >= 0.3 is 0 Å². The molecule has 2 heterocycles. The molecule has 0 aromatic heterocycles. The van der Waals surface area contributed by atoms with E-state index in [0.29, 0.717) is 12.8 Å². The predicted molar refractivity (Wildman–Crippen MR) is 106 cm³/mol. The van der Waals surface area contributed by atoms with Crippen molar-refractivity contribution in [1.82, 2.24) is 0 Å². The van der Waals surface area contributed by atoms with Gasteiger partial charge in [0.15, 0.2) is 12.6 Å². The van der Waals surface area contributed by atoms with Crippen LogP contribution in [-0.2, 0) is 18.9 Å². The Bertz CT molecular complexity index is 691. The van der Waals surface area contributed by atoms with Crippen molar-refractivity contribution in [1.29, 1.82) is 0 Å². The zero-order valence-corrected chi connectivity index (χ0v) is 18.6. The Morgan fingerprint density at radius 2 is 1.66 bits per heavy atom. The number of ether oxygens (including phenoxy) is 4. The van der Waals surface area contributed by atoms with Crippen molar-refractivity contribution in [3.8, 4) is 0 Å². The number of hydrogen-bond acceptors (Lipinski definition) is 11. The molecule has 186 valence electrons. The summed E-state index contributed by atoms with van der Waals surface area (Å²) in [5.74, 6) is 0.0409. The van der Waals surface area contributed by atoms with E-state index in [2.05, 4.69) is 13.8 Å². The number of aliphatic hydroxyl groups excluding tert-OH is 6. The first-order valence-corrected chi connectivity index (χ1v) is 11.1. The van der Waals surface area contributed by atoms with Crippen molar-refractivity contribution in [3.63, 3.8) is 0 Å². The van der Waals surface area contributed by atoms with Gasteiger partial charge in [0.25, 0.3) is 0 Å². The SMILES string of the molecule is CC1(C)C2CC(OC3OC(COC4OCC(O)(CO)C4O)C(O)C(O)C3O)C1(C)CC2O. The second kappa shape index (κ2) is 8.35. The maximum Gasteiger partial charge on any atom is 0.186 e. The van der Waals surface area contributed by atoms with Gasteiger partial charge in [0.05, 0.1) is 32.0 Å². The van der Waals surface area contributed by atoms with Crippen LogP contribution in [0, 0.1) is 16.7 Å². The zero-order chi connectivity index (χ0) is 23.6. The Kier molecular flexibility index (Phi) is 6.44. The van der Waals surface area contributed by atoms with E-state index in [1.165, 1.54) is 0 Å². The van der Waals surface area contributed by atoms with Gasteiger partial charge in [-0.2, -0.15) is 0 Å². The second-order valence-electron chi connectivity index (χ2n) is 10.6. The summed E-state index contributed by atoms with van der Waals surface area (Å²) in [5.41, 5.74) is -2.40. The number of hydrogen-bond donors (Lipinski definition) is 7. The monoisotopic (exact) mass is 464 g/mol. The first-order chi connectivity index (χ1) is 14.9. The van der Waals surface area contributed by atoms with Gasteiger partial charge < -0.3 is 54.7 Å². The molecule has 0 radical (unpaired) electrons. The maximum atomic E-state index is 10.5. The molecule has 4 fully saturated rings. The van der Waals surface area contributed by atoms with Crippen LogP contribution in [0.5, 0.6) is 0 Å². The van der Waals surface area contributed by atoms with Crippen molar-refractivity contribution in [2.24, 2.45) is 16.7 Å². The van der Waals surface area contributed by atoms with Crippen LogP contribution >= 0.6 is 0 Å². The predicted octanol–water partition coefficient (Wildman–Crippen LogP) is -2.55. The van der Waals surface area contributed by atoms with Crippen LogP contribution in [0.4, 0.5) is 0 Å². The van der Waals surface area contributed by atoms with Crippen molar-refractivity contribution < 1.29 is 54.7 Å². The standard InChI is InChI=1S/C21H36O11/c1-19(2)9-4-12(20(19,3)5-10(9)23)32-17-15(26)14(25)13(24)11(31-17)6-29-18-16(27)21(28,7-22)8-30-18/h9-18,22-28H,4-8H2,1-3H3. The van der Waals surface area contributed by atoms with E-state index in [0.717, 1.165) is 0 Å². The van der Waals surface area contributed by atoms with Crippen LogP contribution in [0.2, 0.25) is 0 Å². The highest BCUT2D eigenvalue weighted by atomic mass is 16.7. The van der Waals surface area contributed by atoms with E-state index < -0.39 is 61.4 Å². The molecule has 0 spiro atoms. The summed E-state index contributed by atoms with van der Waals surface area (Å²) in [5, 5.41) is 70.9. The summed E-state index contributed by atoms with van der Waals surface area (Å²) in [6, 6.07) is 0. The number of rotatable bonds is 6. The summed E-state index contributed by atoms with van der Waals surface area (Å²) in [7, 11) is 0. The fraction of sp³-hybridized carbons (Fsp3) is 1.00. The van der Waals surface area contributed by atoms with Gasteiger partial charge in [0.2, 0.25) is 0 Å². The molecule has 2 aliphatic heterocycles. The molecular weight excluding hydrogens is 428 g/mol. The molecule has 2 saturated carbocycles. The third-order valence-electron chi connectivity index (χ3n) is 8.65. The lowest BCUT2D eigenvalue weighted by atomic mass is 9.70. The fourth-order valence-corrected chi connectivity index (χ4v) is 5.89. The van der Waals surface area contributed by atoms with E-state index in [4.69, 9.17) is 18.9 Å². The Labute approximate surface area is 186 Å². The summed E-state index contributed by atoms with van der Waals surface area (Å²) >= 11 is 0. The third kappa shape index (κ3) is 3.62. The lowest BCUT2D eigenvalue weighted by Crippen LogP contribution is -2.60. The first kappa shape index (κ1) is 24.7. The lowest BCUT2D eigenvalue weighted by Gasteiger charge is -2.45. The summed E-state index contributed by atoms with van der Waals surface area (Å²) in [6.45, 7) is 4.83. The van der Waals surface area contributed by atoms with Crippen LogP contribution in [0.15, 0.2) is 0 Å². The van der Waals surface area contributed by atoms with E-state index in [1.807, 2.05) is 6.92 Å². The third-order valence-corrected chi connectivity index (χ3v) is 8.65. The van der Waals surface area contributed by atoms with Crippen molar-refractivity contribution >= 4 is 0 Å². The molecule has 12 unspecified atom stereocenters. The molecule has 0 amide bonds. The molecule has 7 N–H and O–H groups in total. The molecule has 4 rings (SSSR count). The van der Waals surface area contributed by atoms with Crippen molar-refractivity contribution in [3.05, 3.63) is 0 Å². The van der Waals surface area contributed by atoms with Crippen LogP contribution < -0.4 is 0 Å². The van der Waals surface area contributed by atoms with Crippen LogP contribution in [0.25, 0.3) is 0 Å². The Morgan fingerprint density at radius 3 is 2.19 bits per heavy atom. The van der Waals surface area contributed by atoms with Crippen molar-refractivity contribution in [2.75, 3.05) is 19.8 Å². The van der Waals surface area contributed by atoms with Gasteiger partial charge in [-0.15, -0.1) is 0 Å². The summed E-state index contributed by atoms with van der Waals surface area (Å²) in [4.78, 5) is 0. The number of aliphatic hydroxyl groups is 7. The maximum absolute atomic E-state index is 10.5. The van der Waals surface area contributed by atoms with Gasteiger partial charge in [0.1, 0.15) is 36.1 Å². The fourth-order valence-electron chi connectivity index (χ4n) is 5.89. The lowest BCUT2D eigenvalue weighted by molar-refractivity contribution is -0.326. The minimum absolute atomic E-state index is 0.0409. The molecule has 32 heavy (non-hydrogen) atoms. The molecular formula is C21H36O11. The molecule has 4 aliphatic rings. The second-order valence-corrected chi connectivity index (χ2v) is 10.6. The van der Waals surface area contributed by atoms with Gasteiger partial charge in [-0.3, -0.25) is 0 Å². The molecule has 2 saturated heterocycles.